The average Bonchev–Trinajstić information content (AvgIpc) is 2.32. The van der Waals surface area contributed by atoms with Crippen molar-refractivity contribution in [3.63, 3.8) is 0 Å². The van der Waals surface area contributed by atoms with Crippen LogP contribution < -0.4 is 0 Å². The van der Waals surface area contributed by atoms with E-state index in [-0.39, 0.29) is 23.0 Å². The highest BCUT2D eigenvalue weighted by atomic mass is 32.1. The second-order valence-electron chi connectivity index (χ2n) is 2.57. The van der Waals surface area contributed by atoms with Crippen LogP contribution in [0.25, 0.3) is 0 Å². The minimum absolute atomic E-state index is 0.0468. The van der Waals surface area contributed by atoms with Crippen LogP contribution in [0.3, 0.4) is 0 Å². The fraction of sp³-hybridized carbons (Fsp3) is 0.400. The molecule has 0 aromatic heterocycles. The molecule has 6 heteroatoms. The first kappa shape index (κ1) is 15.1. The third-order valence-corrected chi connectivity index (χ3v) is 1.99. The van der Waals surface area contributed by atoms with Gasteiger partial charge in [-0.3, -0.25) is 9.59 Å². The Morgan fingerprint density at radius 2 is 1.25 bits per heavy atom. The number of hydrogen-bond acceptors (Lipinski definition) is 6. The first-order valence-corrected chi connectivity index (χ1v) is 5.81. The van der Waals surface area contributed by atoms with Gasteiger partial charge in [0.2, 0.25) is 0 Å². The highest BCUT2D eigenvalue weighted by Crippen LogP contribution is 2.14. The van der Waals surface area contributed by atoms with Gasteiger partial charge in [-0.15, -0.1) is 0 Å². The van der Waals surface area contributed by atoms with Crippen LogP contribution in [-0.4, -0.2) is 23.4 Å². The van der Waals surface area contributed by atoms with Gasteiger partial charge in [0.1, 0.15) is 0 Å². The van der Waals surface area contributed by atoms with Gasteiger partial charge in [0.15, 0.2) is 11.5 Å². The van der Waals surface area contributed by atoms with Crippen LogP contribution in [0.5, 0.6) is 0 Å². The fourth-order valence-corrected chi connectivity index (χ4v) is 0.942. The highest BCUT2D eigenvalue weighted by molar-refractivity contribution is 7.81. The summed E-state index contributed by atoms with van der Waals surface area (Å²) in [5, 5.41) is 0. The second-order valence-corrected chi connectivity index (χ2v) is 3.20. The molecule has 0 bridgehead atoms. The quantitative estimate of drug-likeness (QED) is 0.343. The molecule has 0 amide bonds. The Morgan fingerprint density at radius 3 is 1.44 bits per heavy atom. The monoisotopic (exact) mass is 262 g/mol. The molecule has 0 spiro atoms. The highest BCUT2D eigenvalue weighted by Gasteiger charge is 2.13. The Morgan fingerprint density at radius 1 is 0.938 bits per heavy atom. The van der Waals surface area contributed by atoms with Gasteiger partial charge < -0.3 is 9.47 Å². The van der Waals surface area contributed by atoms with E-state index in [1.807, 2.05) is 0 Å². The molecule has 0 aliphatic rings. The molecule has 0 aromatic carbocycles. The third kappa shape index (κ3) is 5.27. The summed E-state index contributed by atoms with van der Waals surface area (Å²) in [5.74, 6) is -0.743. The van der Waals surface area contributed by atoms with Crippen molar-refractivity contribution in [2.75, 3.05) is 11.5 Å². The Balaban J connectivity index is 4.67. The molecule has 0 aliphatic carbocycles. The van der Waals surface area contributed by atoms with Crippen LogP contribution in [0.2, 0.25) is 0 Å². The second kappa shape index (κ2) is 8.29. The minimum atomic E-state index is -0.516. The molecule has 0 rings (SSSR count). The van der Waals surface area contributed by atoms with Crippen molar-refractivity contribution < 1.29 is 19.1 Å². The van der Waals surface area contributed by atoms with Crippen molar-refractivity contribution in [2.45, 2.75) is 13.8 Å². The molecule has 4 nitrogen and oxygen atoms in total. The molecule has 0 aromatic rings. The Kier molecular flexibility index (Phi) is 7.84. The van der Waals surface area contributed by atoms with Crippen molar-refractivity contribution in [3.8, 4) is 0 Å². The van der Waals surface area contributed by atoms with Gasteiger partial charge in [0.05, 0.1) is 11.5 Å². The SMILES string of the molecule is CC=C(OC(=O)CS)C(=CC)OC(=O)CS. The van der Waals surface area contributed by atoms with E-state index in [0.29, 0.717) is 0 Å². The predicted molar refractivity (Wildman–Crippen MR) is 67.4 cm³/mol. The van der Waals surface area contributed by atoms with Crippen molar-refractivity contribution >= 4 is 37.2 Å². The number of rotatable bonds is 5. The van der Waals surface area contributed by atoms with Gasteiger partial charge in [0, 0.05) is 0 Å². The predicted octanol–water partition coefficient (Wildman–Crippen LogP) is 1.74. The molecule has 0 fully saturated rings. The van der Waals surface area contributed by atoms with Gasteiger partial charge >= 0.3 is 11.9 Å². The number of esters is 2. The largest absolute Gasteiger partial charge is 0.422 e. The molecule has 0 atom stereocenters. The van der Waals surface area contributed by atoms with Crippen LogP contribution in [0, 0.1) is 0 Å². The standard InChI is InChI=1S/C10H14O4S2/c1-3-7(13-9(11)5-15)8(4-2)14-10(12)6-16/h3-4,15-16H,5-6H2,1-2H3. The van der Waals surface area contributed by atoms with Crippen LogP contribution in [0.15, 0.2) is 23.7 Å². The number of allylic oxidation sites excluding steroid dienone is 2. The number of hydrogen-bond donors (Lipinski definition) is 2. The average molecular weight is 262 g/mol. The molecule has 0 saturated carbocycles. The topological polar surface area (TPSA) is 52.6 Å². The normalized spacial score (nSPS) is 12.2. The molecular formula is C10H14O4S2. The van der Waals surface area contributed by atoms with E-state index >= 15 is 0 Å². The zero-order valence-corrected chi connectivity index (χ0v) is 10.9. The summed E-state index contributed by atoms with van der Waals surface area (Å²) in [6.07, 6.45) is 3.06. The summed E-state index contributed by atoms with van der Waals surface area (Å²) in [4.78, 5) is 22.1. The van der Waals surface area contributed by atoms with Crippen molar-refractivity contribution in [2.24, 2.45) is 0 Å². The Hall–Kier alpha value is -0.880. The maximum absolute atomic E-state index is 11.0. The van der Waals surface area contributed by atoms with E-state index in [0.717, 1.165) is 0 Å². The number of carbonyl (C=O) groups is 2. The molecule has 0 radical (unpaired) electrons. The number of thiol groups is 2. The lowest BCUT2D eigenvalue weighted by Gasteiger charge is -2.10. The van der Waals surface area contributed by atoms with E-state index < -0.39 is 11.9 Å². The lowest BCUT2D eigenvalue weighted by molar-refractivity contribution is -0.140. The van der Waals surface area contributed by atoms with Crippen LogP contribution in [0.1, 0.15) is 13.8 Å². The first-order chi connectivity index (χ1) is 7.58. The molecular weight excluding hydrogens is 248 g/mol. The maximum atomic E-state index is 11.0. The molecule has 0 N–H and O–H groups in total. The Labute approximate surface area is 106 Å². The van der Waals surface area contributed by atoms with E-state index in [1.165, 1.54) is 12.2 Å². The van der Waals surface area contributed by atoms with Crippen LogP contribution in [0.4, 0.5) is 0 Å². The zero-order chi connectivity index (χ0) is 12.6. The zero-order valence-electron chi connectivity index (χ0n) is 9.10. The van der Waals surface area contributed by atoms with Crippen molar-refractivity contribution in [1.82, 2.24) is 0 Å². The lowest BCUT2D eigenvalue weighted by Crippen LogP contribution is -2.12. The molecule has 0 heterocycles. The first-order valence-electron chi connectivity index (χ1n) is 4.55. The Bertz CT molecular complexity index is 289. The molecule has 90 valence electrons. The summed E-state index contributed by atoms with van der Waals surface area (Å²) >= 11 is 7.55. The van der Waals surface area contributed by atoms with E-state index in [1.54, 1.807) is 13.8 Å². The number of carbonyl (C=O) groups excluding carboxylic acids is 2. The van der Waals surface area contributed by atoms with Crippen LogP contribution >= 0.6 is 25.3 Å². The van der Waals surface area contributed by atoms with E-state index in [4.69, 9.17) is 9.47 Å². The maximum Gasteiger partial charge on any atom is 0.321 e. The molecule has 0 aliphatic heterocycles. The summed E-state index contributed by atoms with van der Waals surface area (Å²) in [6.45, 7) is 3.33. The molecule has 0 unspecified atom stereocenters. The van der Waals surface area contributed by atoms with Gasteiger partial charge in [-0.05, 0) is 26.0 Å². The van der Waals surface area contributed by atoms with Gasteiger partial charge in [0.25, 0.3) is 0 Å². The van der Waals surface area contributed by atoms with E-state index in [9.17, 15) is 9.59 Å². The van der Waals surface area contributed by atoms with E-state index in [2.05, 4.69) is 25.3 Å². The summed E-state index contributed by atoms with van der Waals surface area (Å²) in [7, 11) is 0. The molecule has 16 heavy (non-hydrogen) atoms. The molecule has 0 saturated heterocycles. The van der Waals surface area contributed by atoms with Crippen LogP contribution in [-0.2, 0) is 19.1 Å². The summed E-state index contributed by atoms with van der Waals surface area (Å²) in [5.41, 5.74) is 0. The lowest BCUT2D eigenvalue weighted by atomic mass is 10.3. The number of ether oxygens (including phenoxy) is 2. The summed E-state index contributed by atoms with van der Waals surface area (Å²) in [6, 6.07) is 0. The summed E-state index contributed by atoms with van der Waals surface area (Å²) < 4.78 is 9.85. The third-order valence-electron chi connectivity index (χ3n) is 1.47. The van der Waals surface area contributed by atoms with Crippen molar-refractivity contribution in [1.29, 1.82) is 0 Å². The van der Waals surface area contributed by atoms with Gasteiger partial charge in [-0.25, -0.2) is 0 Å². The van der Waals surface area contributed by atoms with Crippen molar-refractivity contribution in [3.05, 3.63) is 23.7 Å². The smallest absolute Gasteiger partial charge is 0.321 e. The fourth-order valence-electron chi connectivity index (χ4n) is 0.813. The van der Waals surface area contributed by atoms with Gasteiger partial charge in [-0.1, -0.05) is 0 Å². The minimum Gasteiger partial charge on any atom is -0.422 e. The van der Waals surface area contributed by atoms with Gasteiger partial charge in [-0.2, -0.15) is 25.3 Å².